The summed E-state index contributed by atoms with van der Waals surface area (Å²) in [5.41, 5.74) is 5.12. The molecular formula is C32H34O6. The third-order valence-corrected chi connectivity index (χ3v) is 5.18. The lowest BCUT2D eigenvalue weighted by molar-refractivity contribution is -0.133. The van der Waals surface area contributed by atoms with Gasteiger partial charge in [-0.15, -0.1) is 0 Å². The highest BCUT2D eigenvalue weighted by Gasteiger charge is 2.03. The van der Waals surface area contributed by atoms with Crippen LogP contribution in [0.3, 0.4) is 0 Å². The monoisotopic (exact) mass is 514 g/mol. The Hall–Kier alpha value is -4.71. The van der Waals surface area contributed by atoms with Gasteiger partial charge in [-0.1, -0.05) is 97.1 Å². The van der Waals surface area contributed by atoms with Crippen LogP contribution >= 0.6 is 0 Å². The van der Waals surface area contributed by atoms with E-state index in [-0.39, 0.29) is 5.57 Å². The molecular weight excluding hydrogens is 480 g/mol. The molecule has 0 fully saturated rings. The van der Waals surface area contributed by atoms with Gasteiger partial charge in [0.2, 0.25) is 0 Å². The number of benzene rings is 3. The van der Waals surface area contributed by atoms with E-state index in [1.807, 2.05) is 91.9 Å². The van der Waals surface area contributed by atoms with Crippen LogP contribution in [-0.2, 0) is 20.8 Å². The maximum atomic E-state index is 10.5. The average Bonchev–Trinajstić information content (AvgIpc) is 2.90. The standard InChI is InChI=1S/2C11H12O2.C10H10O2/c1-8-3-5-10(6-4-8)7-9(2)11(12)13;1-9(11(12)13)7-8-10-5-3-2-4-6-10;1-8(10(11)12)7-9-5-3-2-4-6-9/h3-7H,1-2H3,(H,12,13);2-6H,1,7-8H2,(H,12,13);2-7H,1H3,(H,11,12). The van der Waals surface area contributed by atoms with E-state index in [2.05, 4.69) is 6.58 Å². The Morgan fingerprint density at radius 3 is 1.50 bits per heavy atom. The molecule has 3 N–H and O–H groups in total. The molecule has 0 saturated heterocycles. The Balaban J connectivity index is 0.000000285. The van der Waals surface area contributed by atoms with Crippen molar-refractivity contribution in [2.45, 2.75) is 33.6 Å². The molecule has 0 unspecified atom stereocenters. The molecule has 0 aromatic heterocycles. The fraction of sp³-hybridized carbons (Fsp3) is 0.156. The third-order valence-electron chi connectivity index (χ3n) is 5.18. The minimum Gasteiger partial charge on any atom is -0.478 e. The van der Waals surface area contributed by atoms with Gasteiger partial charge in [0.25, 0.3) is 0 Å². The first-order valence-corrected chi connectivity index (χ1v) is 11.9. The summed E-state index contributed by atoms with van der Waals surface area (Å²) in [6.45, 7) is 8.63. The van der Waals surface area contributed by atoms with Gasteiger partial charge in [0.05, 0.1) is 0 Å². The molecule has 38 heavy (non-hydrogen) atoms. The van der Waals surface area contributed by atoms with Crippen LogP contribution in [0.1, 0.15) is 42.5 Å². The SMILES string of the molecule is C=C(CCc1ccccc1)C(=O)O.CC(=Cc1ccc(C)cc1)C(=O)O.CC(=Cc1ccccc1)C(=O)O. The molecule has 0 radical (unpaired) electrons. The van der Waals surface area contributed by atoms with Crippen LogP contribution in [0.15, 0.2) is 108 Å². The smallest absolute Gasteiger partial charge is 0.331 e. The van der Waals surface area contributed by atoms with Gasteiger partial charge in [-0.2, -0.15) is 0 Å². The maximum Gasteiger partial charge on any atom is 0.331 e. The van der Waals surface area contributed by atoms with Crippen molar-refractivity contribution in [1.82, 2.24) is 0 Å². The zero-order valence-corrected chi connectivity index (χ0v) is 21.9. The molecule has 3 rings (SSSR count). The Kier molecular flexibility index (Phi) is 13.9. The zero-order valence-electron chi connectivity index (χ0n) is 21.9. The van der Waals surface area contributed by atoms with Crippen LogP contribution in [-0.4, -0.2) is 33.2 Å². The van der Waals surface area contributed by atoms with Gasteiger partial charge in [0.15, 0.2) is 0 Å². The Morgan fingerprint density at radius 1 is 0.658 bits per heavy atom. The first-order chi connectivity index (χ1) is 18.0. The minimum absolute atomic E-state index is 0.267. The highest BCUT2D eigenvalue weighted by atomic mass is 16.4. The molecule has 0 amide bonds. The molecule has 6 nitrogen and oxygen atoms in total. The number of aliphatic carboxylic acids is 3. The molecule has 0 aliphatic rings. The van der Waals surface area contributed by atoms with Crippen molar-refractivity contribution >= 4 is 30.1 Å². The molecule has 3 aromatic carbocycles. The van der Waals surface area contributed by atoms with Gasteiger partial charge in [-0.05, 0) is 62.5 Å². The first-order valence-electron chi connectivity index (χ1n) is 11.9. The van der Waals surface area contributed by atoms with Gasteiger partial charge in [0.1, 0.15) is 0 Å². The Bertz CT molecular complexity index is 1250. The van der Waals surface area contributed by atoms with Crippen LogP contribution in [0, 0.1) is 6.92 Å². The molecule has 0 aliphatic carbocycles. The van der Waals surface area contributed by atoms with Crippen molar-refractivity contribution < 1.29 is 29.7 Å². The molecule has 0 bridgehead atoms. The number of carbonyl (C=O) groups is 3. The van der Waals surface area contributed by atoms with E-state index in [0.717, 1.165) is 23.1 Å². The number of rotatable bonds is 8. The van der Waals surface area contributed by atoms with Crippen molar-refractivity contribution in [3.8, 4) is 0 Å². The summed E-state index contributed by atoms with van der Waals surface area (Å²) < 4.78 is 0. The van der Waals surface area contributed by atoms with E-state index in [4.69, 9.17) is 15.3 Å². The molecule has 0 saturated carbocycles. The zero-order chi connectivity index (χ0) is 28.5. The molecule has 0 atom stereocenters. The van der Waals surface area contributed by atoms with Crippen molar-refractivity contribution in [2.75, 3.05) is 0 Å². The Morgan fingerprint density at radius 2 is 1.08 bits per heavy atom. The maximum absolute atomic E-state index is 10.5. The number of hydrogen-bond acceptors (Lipinski definition) is 3. The van der Waals surface area contributed by atoms with Gasteiger partial charge in [-0.3, -0.25) is 0 Å². The highest BCUT2D eigenvalue weighted by molar-refractivity contribution is 5.91. The molecule has 0 heterocycles. The summed E-state index contributed by atoms with van der Waals surface area (Å²) in [5, 5.41) is 25.8. The van der Waals surface area contributed by atoms with Crippen molar-refractivity contribution in [3.63, 3.8) is 0 Å². The largest absolute Gasteiger partial charge is 0.478 e. The van der Waals surface area contributed by atoms with Gasteiger partial charge < -0.3 is 15.3 Å². The number of hydrogen-bond donors (Lipinski definition) is 3. The predicted molar refractivity (Wildman–Crippen MR) is 152 cm³/mol. The molecule has 3 aromatic rings. The van der Waals surface area contributed by atoms with Crippen molar-refractivity contribution in [2.24, 2.45) is 0 Å². The second-order valence-corrected chi connectivity index (χ2v) is 8.48. The van der Waals surface area contributed by atoms with Crippen LogP contribution in [0.25, 0.3) is 12.2 Å². The third kappa shape index (κ3) is 13.4. The number of carboxylic acid groups (broad SMARTS) is 3. The van der Waals surface area contributed by atoms with Crippen molar-refractivity contribution in [3.05, 3.63) is 130 Å². The van der Waals surface area contributed by atoms with E-state index < -0.39 is 17.9 Å². The summed E-state index contributed by atoms with van der Waals surface area (Å²) in [5.74, 6) is -2.66. The van der Waals surface area contributed by atoms with Crippen LogP contribution < -0.4 is 0 Å². The predicted octanol–water partition coefficient (Wildman–Crippen LogP) is 6.92. The highest BCUT2D eigenvalue weighted by Crippen LogP contribution is 2.09. The fourth-order valence-electron chi connectivity index (χ4n) is 2.88. The van der Waals surface area contributed by atoms with Crippen molar-refractivity contribution in [1.29, 1.82) is 0 Å². The lowest BCUT2D eigenvalue weighted by Gasteiger charge is -2.00. The number of aryl methyl sites for hydroxylation is 2. The second-order valence-electron chi connectivity index (χ2n) is 8.48. The second kappa shape index (κ2) is 16.9. The summed E-state index contributed by atoms with van der Waals surface area (Å²) in [7, 11) is 0. The van der Waals surface area contributed by atoms with Crippen LogP contribution in [0.5, 0.6) is 0 Å². The quantitative estimate of drug-likeness (QED) is 0.281. The molecule has 6 heteroatoms. The van der Waals surface area contributed by atoms with E-state index in [1.54, 1.807) is 26.0 Å². The van der Waals surface area contributed by atoms with Gasteiger partial charge in [0, 0.05) is 16.7 Å². The molecule has 0 spiro atoms. The van der Waals surface area contributed by atoms with Crippen LogP contribution in [0.2, 0.25) is 0 Å². The average molecular weight is 515 g/mol. The van der Waals surface area contributed by atoms with E-state index >= 15 is 0 Å². The summed E-state index contributed by atoms with van der Waals surface area (Å²) in [6.07, 6.45) is 4.55. The fourth-order valence-corrected chi connectivity index (χ4v) is 2.88. The summed E-state index contributed by atoms with van der Waals surface area (Å²) in [4.78, 5) is 31.4. The minimum atomic E-state index is -0.907. The van der Waals surface area contributed by atoms with E-state index in [0.29, 0.717) is 17.6 Å². The number of carboxylic acids is 3. The normalized spacial score (nSPS) is 10.7. The molecule has 0 aliphatic heterocycles. The lowest BCUT2D eigenvalue weighted by Crippen LogP contribution is -2.00. The van der Waals surface area contributed by atoms with E-state index in [9.17, 15) is 14.4 Å². The summed E-state index contributed by atoms with van der Waals surface area (Å²) in [6, 6.07) is 26.9. The topological polar surface area (TPSA) is 112 Å². The van der Waals surface area contributed by atoms with E-state index in [1.165, 1.54) is 5.56 Å². The van der Waals surface area contributed by atoms with Crippen LogP contribution in [0.4, 0.5) is 0 Å². The Labute approximate surface area is 223 Å². The molecule has 198 valence electrons. The first kappa shape index (κ1) is 31.3. The lowest BCUT2D eigenvalue weighted by atomic mass is 10.1. The van der Waals surface area contributed by atoms with Gasteiger partial charge in [-0.25, -0.2) is 14.4 Å². The van der Waals surface area contributed by atoms with Gasteiger partial charge >= 0.3 is 17.9 Å². The summed E-state index contributed by atoms with van der Waals surface area (Å²) >= 11 is 0.